The van der Waals surface area contributed by atoms with E-state index in [0.29, 0.717) is 24.4 Å². The van der Waals surface area contributed by atoms with E-state index < -0.39 is 0 Å². The van der Waals surface area contributed by atoms with E-state index in [-0.39, 0.29) is 24.1 Å². The molecule has 4 aliphatic rings. The zero-order chi connectivity index (χ0) is 23.5. The van der Waals surface area contributed by atoms with Gasteiger partial charge < -0.3 is 23.7 Å². The molecule has 2 atom stereocenters. The molecule has 0 spiro atoms. The lowest BCUT2D eigenvalue weighted by Crippen LogP contribution is -2.31. The third-order valence-electron chi connectivity index (χ3n) is 8.00. The van der Waals surface area contributed by atoms with Crippen LogP contribution in [0, 0.1) is 11.8 Å². The number of carbonyl (C=O) groups excluding carboxylic acids is 1. The van der Waals surface area contributed by atoms with Gasteiger partial charge in [0.1, 0.15) is 30.7 Å². The second-order valence-corrected chi connectivity index (χ2v) is 10.9. The van der Waals surface area contributed by atoms with Crippen LogP contribution < -0.4 is 4.74 Å². The van der Waals surface area contributed by atoms with Crippen LogP contribution in [0.5, 0.6) is 5.75 Å². The van der Waals surface area contributed by atoms with Crippen LogP contribution in [0.2, 0.25) is 0 Å². The molecule has 1 aromatic rings. The number of benzene rings is 1. The first kappa shape index (κ1) is 24.1. The molecule has 2 saturated heterocycles. The van der Waals surface area contributed by atoms with Crippen LogP contribution >= 0.6 is 0 Å². The Balaban J connectivity index is 1.07. The van der Waals surface area contributed by atoms with Crippen molar-refractivity contribution in [3.8, 4) is 5.75 Å². The van der Waals surface area contributed by atoms with Crippen molar-refractivity contribution >= 4 is 5.97 Å². The predicted octanol–water partition coefficient (Wildman–Crippen LogP) is 5.28. The molecule has 6 nitrogen and oxygen atoms in total. The van der Waals surface area contributed by atoms with E-state index in [1.54, 1.807) is 0 Å². The molecular weight excluding hydrogens is 432 g/mol. The molecular formula is C28H40O6. The Morgan fingerprint density at radius 1 is 0.882 bits per heavy atom. The van der Waals surface area contributed by atoms with Gasteiger partial charge in [-0.2, -0.15) is 0 Å². The third-order valence-corrected chi connectivity index (χ3v) is 8.00. The van der Waals surface area contributed by atoms with E-state index in [4.69, 9.17) is 23.7 Å². The number of hydrogen-bond acceptors (Lipinski definition) is 6. The van der Waals surface area contributed by atoms with Gasteiger partial charge in [-0.15, -0.1) is 0 Å². The summed E-state index contributed by atoms with van der Waals surface area (Å²) in [4.78, 5) is 13.1. The lowest BCUT2D eigenvalue weighted by molar-refractivity contribution is -0.00860. The highest BCUT2D eigenvalue weighted by molar-refractivity contribution is 5.91. The Labute approximate surface area is 203 Å². The summed E-state index contributed by atoms with van der Waals surface area (Å²) >= 11 is 0. The molecule has 2 unspecified atom stereocenters. The Bertz CT molecular complexity index is 814. The molecule has 5 rings (SSSR count). The molecule has 0 N–H and O–H groups in total. The van der Waals surface area contributed by atoms with E-state index in [2.05, 4.69) is 13.8 Å². The quantitative estimate of drug-likeness (QED) is 0.341. The minimum atomic E-state index is -0.193. The van der Waals surface area contributed by atoms with Gasteiger partial charge in [0.25, 0.3) is 0 Å². The average molecular weight is 473 g/mol. The average Bonchev–Trinajstić information content (AvgIpc) is 3.77. The van der Waals surface area contributed by atoms with Crippen molar-refractivity contribution < 1.29 is 28.5 Å². The lowest BCUT2D eigenvalue weighted by atomic mass is 9.72. The van der Waals surface area contributed by atoms with E-state index in [0.717, 1.165) is 68.7 Å². The van der Waals surface area contributed by atoms with Gasteiger partial charge in [0.05, 0.1) is 31.5 Å². The van der Waals surface area contributed by atoms with Crippen molar-refractivity contribution in [3.05, 3.63) is 29.3 Å². The summed E-state index contributed by atoms with van der Waals surface area (Å²) in [5.41, 5.74) is 1.65. The molecule has 4 fully saturated rings. The number of ether oxygens (including phenoxy) is 5. The molecule has 0 radical (unpaired) electrons. The fraction of sp³-hybridized carbons (Fsp3) is 0.750. The summed E-state index contributed by atoms with van der Waals surface area (Å²) in [6.07, 6.45) is 10.2. The van der Waals surface area contributed by atoms with Crippen molar-refractivity contribution in [1.29, 1.82) is 0 Å². The van der Waals surface area contributed by atoms with Crippen LogP contribution in [0.4, 0.5) is 0 Å². The molecule has 0 amide bonds. The SMILES string of the molecule is CC(C)c1cc(OCC2CO2)ccc1C(=O)OC1CCC(C2CCC(OCC3CO3)CC2)CC1. The molecule has 188 valence electrons. The van der Waals surface area contributed by atoms with Crippen molar-refractivity contribution in [3.63, 3.8) is 0 Å². The van der Waals surface area contributed by atoms with E-state index in [1.165, 1.54) is 25.7 Å². The molecule has 0 bridgehead atoms. The van der Waals surface area contributed by atoms with E-state index in [9.17, 15) is 4.79 Å². The maximum absolute atomic E-state index is 13.1. The minimum absolute atomic E-state index is 0.0323. The van der Waals surface area contributed by atoms with Gasteiger partial charge in [-0.05, 0) is 92.9 Å². The summed E-state index contributed by atoms with van der Waals surface area (Å²) in [5, 5.41) is 0. The smallest absolute Gasteiger partial charge is 0.338 e. The number of esters is 1. The summed E-state index contributed by atoms with van der Waals surface area (Å²) in [7, 11) is 0. The zero-order valence-electron chi connectivity index (χ0n) is 20.7. The van der Waals surface area contributed by atoms with Crippen LogP contribution in [0.15, 0.2) is 18.2 Å². The van der Waals surface area contributed by atoms with Gasteiger partial charge in [-0.3, -0.25) is 0 Å². The van der Waals surface area contributed by atoms with Crippen molar-refractivity contribution in [2.75, 3.05) is 26.4 Å². The van der Waals surface area contributed by atoms with Crippen LogP contribution in [0.3, 0.4) is 0 Å². The maximum atomic E-state index is 13.1. The third kappa shape index (κ3) is 6.52. The van der Waals surface area contributed by atoms with Crippen molar-refractivity contribution in [2.45, 2.75) is 95.5 Å². The first-order chi connectivity index (χ1) is 16.5. The topological polar surface area (TPSA) is 69.8 Å². The standard InChI is InChI=1S/C28H40O6/c1-18(2)27-13-23(31-15-25-17-33-25)11-12-26(27)28(29)34-22-9-5-20(6-10-22)19-3-7-21(8-4-19)30-14-24-16-32-24/h11-13,18-22,24-25H,3-10,14-17H2,1-2H3. The van der Waals surface area contributed by atoms with Crippen LogP contribution in [0.1, 0.15) is 87.1 Å². The molecule has 6 heteroatoms. The highest BCUT2D eigenvalue weighted by atomic mass is 16.6. The van der Waals surface area contributed by atoms with Gasteiger partial charge in [0, 0.05) is 0 Å². The van der Waals surface area contributed by atoms with Gasteiger partial charge in [0.2, 0.25) is 0 Å². The molecule has 0 aromatic heterocycles. The minimum Gasteiger partial charge on any atom is -0.491 e. The van der Waals surface area contributed by atoms with Crippen molar-refractivity contribution in [2.24, 2.45) is 11.8 Å². The van der Waals surface area contributed by atoms with E-state index in [1.807, 2.05) is 18.2 Å². The number of epoxide rings is 2. The fourth-order valence-electron chi connectivity index (χ4n) is 5.67. The largest absolute Gasteiger partial charge is 0.491 e. The number of rotatable bonds is 10. The monoisotopic (exact) mass is 472 g/mol. The Morgan fingerprint density at radius 2 is 1.47 bits per heavy atom. The summed E-state index contributed by atoms with van der Waals surface area (Å²) in [5.74, 6) is 2.38. The highest BCUT2D eigenvalue weighted by Gasteiger charge is 2.33. The Hall–Kier alpha value is -1.63. The normalized spacial score (nSPS) is 32.9. The summed E-state index contributed by atoms with van der Waals surface area (Å²) in [6, 6.07) is 5.72. The first-order valence-electron chi connectivity index (χ1n) is 13.4. The molecule has 34 heavy (non-hydrogen) atoms. The van der Waals surface area contributed by atoms with Gasteiger partial charge in [0.15, 0.2) is 0 Å². The summed E-state index contributed by atoms with van der Waals surface area (Å²) < 4.78 is 28.3. The van der Waals surface area contributed by atoms with Crippen LogP contribution in [-0.4, -0.2) is 56.8 Å². The highest BCUT2D eigenvalue weighted by Crippen LogP contribution is 2.40. The number of hydrogen-bond donors (Lipinski definition) is 0. The van der Waals surface area contributed by atoms with Gasteiger partial charge >= 0.3 is 5.97 Å². The molecule has 1 aromatic carbocycles. The predicted molar refractivity (Wildman–Crippen MR) is 128 cm³/mol. The molecule has 2 saturated carbocycles. The van der Waals surface area contributed by atoms with Gasteiger partial charge in [-0.25, -0.2) is 4.79 Å². The fourth-order valence-corrected chi connectivity index (χ4v) is 5.67. The second kappa shape index (κ2) is 11.0. The number of carbonyl (C=O) groups is 1. The van der Waals surface area contributed by atoms with Gasteiger partial charge in [-0.1, -0.05) is 13.8 Å². The second-order valence-electron chi connectivity index (χ2n) is 10.9. The molecule has 2 aliphatic carbocycles. The van der Waals surface area contributed by atoms with Crippen LogP contribution in [0.25, 0.3) is 0 Å². The van der Waals surface area contributed by atoms with E-state index >= 15 is 0 Å². The Morgan fingerprint density at radius 3 is 2.06 bits per heavy atom. The summed E-state index contributed by atoms with van der Waals surface area (Å²) in [6.45, 7) is 7.19. The molecule has 2 aliphatic heterocycles. The maximum Gasteiger partial charge on any atom is 0.338 e. The lowest BCUT2D eigenvalue weighted by Gasteiger charge is -2.37. The van der Waals surface area contributed by atoms with Crippen molar-refractivity contribution in [1.82, 2.24) is 0 Å². The first-order valence-corrected chi connectivity index (χ1v) is 13.4. The van der Waals surface area contributed by atoms with Crippen LogP contribution in [-0.2, 0) is 18.9 Å². The molecule has 2 heterocycles. The Kier molecular flexibility index (Phi) is 7.77. The zero-order valence-corrected chi connectivity index (χ0v) is 20.7.